The molecule has 0 amide bonds. The summed E-state index contributed by atoms with van der Waals surface area (Å²) in [6.45, 7) is 12.8. The second-order valence-electron chi connectivity index (χ2n) is 18.1. The minimum Gasteiger partial charge on any atom is -0.456 e. The number of nitro groups is 1. The number of hydrogen-bond acceptors (Lipinski definition) is 12. The van der Waals surface area contributed by atoms with E-state index in [-0.39, 0.29) is 63.8 Å². The number of non-ortho nitro benzene ring substituents is 1. The number of Topliss-reactive ketones (excluding diaryl/α,β-unsaturated/α-hetero) is 4. The summed E-state index contributed by atoms with van der Waals surface area (Å²) in [6.07, 6.45) is -3.83. The second-order valence-corrected chi connectivity index (χ2v) is 18.1. The number of nitro benzene ring substituents is 1. The van der Waals surface area contributed by atoms with Crippen LogP contribution in [0.4, 0.5) is 24.5 Å². The molecule has 17 heteroatoms. The lowest BCUT2D eigenvalue weighted by atomic mass is 9.71. The number of carbonyl (C=O) groups is 4. The Morgan fingerprint density at radius 1 is 0.712 bits per heavy atom. The number of ether oxygens (including phenoxy) is 4. The van der Waals surface area contributed by atoms with Gasteiger partial charge in [-0.15, -0.1) is 0 Å². The Hall–Kier alpha value is -6.64. The number of ketones is 4. The van der Waals surface area contributed by atoms with E-state index in [1.807, 2.05) is 13.0 Å². The normalized spacial score (nSPS) is 20.4. The van der Waals surface area contributed by atoms with Crippen molar-refractivity contribution in [3.05, 3.63) is 121 Å². The molecule has 0 spiro atoms. The zero-order chi connectivity index (χ0) is 48.9. The molecular weight excluding hydrogens is 864 g/mol. The van der Waals surface area contributed by atoms with E-state index < -0.39 is 79.7 Å². The molecule has 0 radical (unpaired) electrons. The molecule has 14 nitrogen and oxygen atoms in total. The average molecular weight is 913 g/mol. The van der Waals surface area contributed by atoms with Crippen molar-refractivity contribution >= 4 is 34.5 Å². The maximum absolute atomic E-state index is 14.7. The van der Waals surface area contributed by atoms with E-state index in [0.29, 0.717) is 29.2 Å². The van der Waals surface area contributed by atoms with Gasteiger partial charge in [0.1, 0.15) is 63.1 Å². The van der Waals surface area contributed by atoms with Crippen molar-refractivity contribution in [1.29, 1.82) is 5.26 Å². The lowest BCUT2D eigenvalue weighted by Gasteiger charge is -2.45. The van der Waals surface area contributed by atoms with E-state index in [4.69, 9.17) is 18.9 Å². The molecule has 2 unspecified atom stereocenters. The molecule has 2 aliphatic heterocycles. The van der Waals surface area contributed by atoms with E-state index in [9.17, 15) is 52.6 Å². The molecule has 0 aromatic heterocycles. The Morgan fingerprint density at radius 3 is 1.76 bits per heavy atom. The van der Waals surface area contributed by atoms with Crippen LogP contribution in [0.25, 0.3) is 0 Å². The highest BCUT2D eigenvalue weighted by molar-refractivity contribution is 6.16. The standard InChI is InChI=1S/C49H49F3N3O11/c1-10-27-13-17-32(63-37-20-16-31(55(61)62)22-29(37)26-53)24-34(27)40-43(58)47(6,7)66-48(8,44(40)59)21-11-12-28-14-18-33(64-38-19-15-30(49(50,51)52)23-36(38)54(9)60)25-35(28)39-41(56)45(2,3)65-46(4,5)42(39)57/h13-20,22-25,39-40H,10-12,21H2,1-9H3/q+1. The number of benzene rings is 4. The molecule has 6 rings (SSSR count). The Kier molecular flexibility index (Phi) is 13.0. The van der Waals surface area contributed by atoms with Crippen molar-refractivity contribution in [2.75, 3.05) is 7.05 Å². The third-order valence-electron chi connectivity index (χ3n) is 12.1. The van der Waals surface area contributed by atoms with Crippen LogP contribution in [0.2, 0.25) is 0 Å². The summed E-state index contributed by atoms with van der Waals surface area (Å²) in [7, 11) is 1.02. The molecule has 0 saturated carbocycles. The van der Waals surface area contributed by atoms with Gasteiger partial charge in [-0.3, -0.25) is 29.3 Å². The summed E-state index contributed by atoms with van der Waals surface area (Å²) < 4.78 is 65.2. The number of hydrogen-bond donors (Lipinski definition) is 0. The first kappa shape index (κ1) is 48.8. The Bertz CT molecular complexity index is 2710. The van der Waals surface area contributed by atoms with E-state index in [1.165, 1.54) is 24.3 Å². The SMILES string of the molecule is CCc1ccc(Oc2ccc([N+](=O)[O-])cc2C#N)cc1C1C(=O)C(C)(C)OC(C)(CCCc2ccc(Oc3ccc(C(F)(F)F)cc3[N+](C)=O)cc2C2C(=O)C(C)(C)OC(C)(C)C2=O)C1=O. The minimum absolute atomic E-state index is 0.0236. The maximum Gasteiger partial charge on any atom is 0.416 e. The van der Waals surface area contributed by atoms with E-state index in [2.05, 4.69) is 0 Å². The summed E-state index contributed by atoms with van der Waals surface area (Å²) in [5.74, 6) is -4.76. The largest absolute Gasteiger partial charge is 0.456 e. The van der Waals surface area contributed by atoms with Gasteiger partial charge in [0.25, 0.3) is 11.4 Å². The molecule has 2 aliphatic rings. The van der Waals surface area contributed by atoms with Crippen molar-refractivity contribution in [1.82, 2.24) is 0 Å². The van der Waals surface area contributed by atoms with Crippen molar-refractivity contribution in [2.24, 2.45) is 0 Å². The predicted octanol–water partition coefficient (Wildman–Crippen LogP) is 10.3. The first-order chi connectivity index (χ1) is 30.6. The van der Waals surface area contributed by atoms with Gasteiger partial charge in [0, 0.05) is 27.9 Å². The number of alkyl halides is 3. The van der Waals surface area contributed by atoms with Gasteiger partial charge in [-0.25, -0.2) is 0 Å². The number of nitroso groups, excluding NO2 is 1. The van der Waals surface area contributed by atoms with Crippen LogP contribution in [0.15, 0.2) is 72.8 Å². The van der Waals surface area contributed by atoms with Crippen molar-refractivity contribution in [3.8, 4) is 29.1 Å². The van der Waals surface area contributed by atoms with Gasteiger partial charge < -0.3 is 18.9 Å². The van der Waals surface area contributed by atoms with Gasteiger partial charge in [-0.05, 0) is 139 Å². The van der Waals surface area contributed by atoms with Crippen molar-refractivity contribution in [2.45, 2.75) is 121 Å². The first-order valence-corrected chi connectivity index (χ1v) is 21.1. The van der Waals surface area contributed by atoms with Gasteiger partial charge in [0.05, 0.1) is 10.5 Å². The minimum atomic E-state index is -4.74. The summed E-state index contributed by atoms with van der Waals surface area (Å²) in [4.78, 5) is 80.2. The van der Waals surface area contributed by atoms with Crippen LogP contribution < -0.4 is 9.47 Å². The van der Waals surface area contributed by atoms with Crippen LogP contribution in [-0.4, -0.2) is 62.3 Å². The van der Waals surface area contributed by atoms with Crippen molar-refractivity contribution in [3.63, 3.8) is 0 Å². The average Bonchev–Trinajstić information content (AvgIpc) is 3.22. The topological polar surface area (TPSA) is 192 Å². The monoisotopic (exact) mass is 912 g/mol. The third kappa shape index (κ3) is 9.52. The van der Waals surface area contributed by atoms with Crippen LogP contribution in [0.5, 0.6) is 23.0 Å². The fraction of sp³-hybridized carbons (Fsp3) is 0.408. The van der Waals surface area contributed by atoms with E-state index in [0.717, 1.165) is 25.2 Å². The lowest BCUT2D eigenvalue weighted by Crippen LogP contribution is -2.59. The number of nitrogens with zero attached hydrogens (tertiary/aromatic N) is 3. The predicted molar refractivity (Wildman–Crippen MR) is 232 cm³/mol. The highest BCUT2D eigenvalue weighted by Gasteiger charge is 2.56. The zero-order valence-electron chi connectivity index (χ0n) is 37.9. The molecule has 2 atom stereocenters. The van der Waals surface area contributed by atoms with Crippen LogP contribution in [0.3, 0.4) is 0 Å². The highest BCUT2D eigenvalue weighted by atomic mass is 19.4. The molecular formula is C49H49F3N3O11+. The first-order valence-electron chi connectivity index (χ1n) is 21.1. The number of aryl methyl sites for hydroxylation is 2. The van der Waals surface area contributed by atoms with Crippen LogP contribution in [0, 0.1) is 26.4 Å². The summed E-state index contributed by atoms with van der Waals surface area (Å²) in [6, 6.07) is 17.3. The van der Waals surface area contributed by atoms with Crippen LogP contribution in [0.1, 0.15) is 113 Å². The molecule has 0 N–H and O–H groups in total. The smallest absolute Gasteiger partial charge is 0.416 e. The Morgan fingerprint density at radius 2 is 1.23 bits per heavy atom. The van der Waals surface area contributed by atoms with E-state index in [1.54, 1.807) is 72.7 Å². The zero-order valence-corrected chi connectivity index (χ0v) is 37.9. The quantitative estimate of drug-likeness (QED) is 0.0534. The highest BCUT2D eigenvalue weighted by Crippen LogP contribution is 2.46. The second kappa shape index (κ2) is 17.6. The molecule has 0 aliphatic carbocycles. The Balaban J connectivity index is 1.34. The Labute approximate surface area is 378 Å². The van der Waals surface area contributed by atoms with Gasteiger partial charge in [0.15, 0.2) is 30.2 Å². The number of halogens is 3. The number of rotatable bonds is 13. The molecule has 66 heavy (non-hydrogen) atoms. The molecule has 4 aromatic carbocycles. The molecule has 2 heterocycles. The van der Waals surface area contributed by atoms with Crippen LogP contribution in [-0.2, 0) is 47.7 Å². The number of carbonyl (C=O) groups excluding carboxylic acids is 4. The molecule has 2 saturated heterocycles. The van der Waals surface area contributed by atoms with Gasteiger partial charge in [-0.1, -0.05) is 19.1 Å². The fourth-order valence-electron chi connectivity index (χ4n) is 8.79. The number of nitriles is 1. The summed E-state index contributed by atoms with van der Waals surface area (Å²) >= 11 is 0. The molecule has 2 fully saturated rings. The van der Waals surface area contributed by atoms with Crippen LogP contribution >= 0.6 is 0 Å². The van der Waals surface area contributed by atoms with E-state index >= 15 is 0 Å². The fourth-order valence-corrected chi connectivity index (χ4v) is 8.79. The molecule has 0 bridgehead atoms. The molecule has 346 valence electrons. The van der Waals surface area contributed by atoms with Crippen molar-refractivity contribution < 1.29 is 61.0 Å². The van der Waals surface area contributed by atoms with Gasteiger partial charge in [-0.2, -0.15) is 18.4 Å². The third-order valence-corrected chi connectivity index (χ3v) is 12.1. The molecule has 4 aromatic rings. The van der Waals surface area contributed by atoms with Gasteiger partial charge >= 0.3 is 6.18 Å². The summed E-state index contributed by atoms with van der Waals surface area (Å²) in [5, 5.41) is 21.0. The van der Waals surface area contributed by atoms with Gasteiger partial charge in [0.2, 0.25) is 5.75 Å². The lowest BCUT2D eigenvalue weighted by molar-refractivity contribution is -0.429. The maximum atomic E-state index is 14.7. The summed E-state index contributed by atoms with van der Waals surface area (Å²) in [5.41, 5.74) is -5.92.